The number of carbonyl (C=O) groups excluding carboxylic acids is 2. The molecule has 1 aliphatic heterocycles. The van der Waals surface area contributed by atoms with Crippen LogP contribution in [0.15, 0.2) is 24.3 Å². The molecule has 1 heterocycles. The van der Waals surface area contributed by atoms with Crippen LogP contribution in [0, 0.1) is 5.92 Å². The highest BCUT2D eigenvalue weighted by molar-refractivity contribution is 6.21. The van der Waals surface area contributed by atoms with E-state index in [4.69, 9.17) is 0 Å². The normalized spacial score (nSPS) is 14.7. The molecule has 1 aromatic rings. The van der Waals surface area contributed by atoms with Crippen LogP contribution < -0.4 is 0 Å². The van der Waals surface area contributed by atoms with Crippen LogP contribution in [0.25, 0.3) is 0 Å². The fraction of sp³-hybridized carbons (Fsp3) is 0.667. The van der Waals surface area contributed by atoms with Crippen molar-refractivity contribution in [1.82, 2.24) is 4.90 Å². The van der Waals surface area contributed by atoms with Crippen LogP contribution in [0.4, 0.5) is 0 Å². The lowest BCUT2D eigenvalue weighted by molar-refractivity contribution is 0.0651. The van der Waals surface area contributed by atoms with Crippen molar-refractivity contribution >= 4 is 11.8 Å². The van der Waals surface area contributed by atoms with E-state index in [0.717, 1.165) is 18.8 Å². The molecule has 27 heavy (non-hydrogen) atoms. The number of unbranched alkanes of at least 4 members (excludes halogenated alkanes) is 6. The van der Waals surface area contributed by atoms with E-state index < -0.39 is 0 Å². The molecule has 0 fully saturated rings. The van der Waals surface area contributed by atoms with E-state index in [2.05, 4.69) is 13.8 Å². The molecule has 1 aliphatic rings. The second kappa shape index (κ2) is 11.9. The summed E-state index contributed by atoms with van der Waals surface area (Å²) in [5.74, 6) is 0.583. The topological polar surface area (TPSA) is 37.4 Å². The lowest BCUT2D eigenvalue weighted by Gasteiger charge is -2.18. The van der Waals surface area contributed by atoms with Crippen molar-refractivity contribution in [3.05, 3.63) is 35.4 Å². The van der Waals surface area contributed by atoms with Gasteiger partial charge in [-0.15, -0.1) is 0 Å². The van der Waals surface area contributed by atoms with Crippen LogP contribution in [-0.4, -0.2) is 23.3 Å². The van der Waals surface area contributed by atoms with Gasteiger partial charge in [0.15, 0.2) is 0 Å². The van der Waals surface area contributed by atoms with E-state index in [0.29, 0.717) is 17.7 Å². The predicted molar refractivity (Wildman–Crippen MR) is 112 cm³/mol. The molecular weight excluding hydrogens is 334 g/mol. The second-order valence-corrected chi connectivity index (χ2v) is 8.01. The van der Waals surface area contributed by atoms with Crippen molar-refractivity contribution in [3.8, 4) is 0 Å². The van der Waals surface area contributed by atoms with Gasteiger partial charge >= 0.3 is 0 Å². The fourth-order valence-corrected chi connectivity index (χ4v) is 4.12. The molecule has 0 aliphatic carbocycles. The molecule has 0 aromatic heterocycles. The zero-order valence-electron chi connectivity index (χ0n) is 17.3. The Labute approximate surface area is 165 Å². The molecule has 1 unspecified atom stereocenters. The maximum Gasteiger partial charge on any atom is 0.261 e. The number of nitrogens with zero attached hydrogens (tertiary/aromatic N) is 1. The van der Waals surface area contributed by atoms with Gasteiger partial charge < -0.3 is 0 Å². The lowest BCUT2D eigenvalue weighted by Crippen LogP contribution is -2.30. The van der Waals surface area contributed by atoms with Crippen molar-refractivity contribution in [1.29, 1.82) is 0 Å². The summed E-state index contributed by atoms with van der Waals surface area (Å²) in [6.45, 7) is 5.08. The van der Waals surface area contributed by atoms with Crippen LogP contribution >= 0.6 is 0 Å². The summed E-state index contributed by atoms with van der Waals surface area (Å²) >= 11 is 0. The molecule has 0 saturated heterocycles. The molecule has 1 atom stereocenters. The monoisotopic (exact) mass is 371 g/mol. The summed E-state index contributed by atoms with van der Waals surface area (Å²) in [6, 6.07) is 7.17. The van der Waals surface area contributed by atoms with Gasteiger partial charge in [0.25, 0.3) is 11.8 Å². The number of fused-ring (bicyclic) bond motifs is 1. The Morgan fingerprint density at radius 2 is 1.19 bits per heavy atom. The molecule has 0 spiro atoms. The number of hydrogen-bond acceptors (Lipinski definition) is 2. The van der Waals surface area contributed by atoms with Crippen molar-refractivity contribution in [2.45, 2.75) is 90.9 Å². The molecular formula is C24H37NO2. The zero-order chi connectivity index (χ0) is 19.5. The van der Waals surface area contributed by atoms with E-state index in [1.165, 1.54) is 69.1 Å². The Bertz CT molecular complexity index is 561. The van der Waals surface area contributed by atoms with E-state index in [-0.39, 0.29) is 11.8 Å². The molecule has 3 heteroatoms. The van der Waals surface area contributed by atoms with Gasteiger partial charge in [-0.25, -0.2) is 0 Å². The molecule has 2 amide bonds. The Morgan fingerprint density at radius 3 is 1.74 bits per heavy atom. The van der Waals surface area contributed by atoms with Crippen LogP contribution in [0.5, 0.6) is 0 Å². The molecule has 1 aromatic carbocycles. The van der Waals surface area contributed by atoms with E-state index in [9.17, 15) is 9.59 Å². The van der Waals surface area contributed by atoms with Crippen molar-refractivity contribution in [3.63, 3.8) is 0 Å². The third kappa shape index (κ3) is 6.48. The number of rotatable bonds is 14. The van der Waals surface area contributed by atoms with Gasteiger partial charge in [0, 0.05) is 6.54 Å². The van der Waals surface area contributed by atoms with E-state index in [1.807, 2.05) is 12.1 Å². The molecule has 0 radical (unpaired) electrons. The summed E-state index contributed by atoms with van der Waals surface area (Å²) in [6.07, 6.45) is 15.3. The van der Waals surface area contributed by atoms with Gasteiger partial charge in [0.05, 0.1) is 11.1 Å². The van der Waals surface area contributed by atoms with Crippen LogP contribution in [-0.2, 0) is 0 Å². The smallest absolute Gasteiger partial charge is 0.261 e. The fourth-order valence-electron chi connectivity index (χ4n) is 4.12. The first-order valence-electron chi connectivity index (χ1n) is 11.1. The van der Waals surface area contributed by atoms with Crippen LogP contribution in [0.3, 0.4) is 0 Å². The summed E-state index contributed by atoms with van der Waals surface area (Å²) in [7, 11) is 0. The average Bonchev–Trinajstić information content (AvgIpc) is 2.93. The minimum atomic E-state index is -0.116. The third-order valence-electron chi connectivity index (χ3n) is 5.80. The highest BCUT2D eigenvalue weighted by atomic mass is 16.2. The first-order chi connectivity index (χ1) is 13.2. The van der Waals surface area contributed by atoms with Gasteiger partial charge in [0.2, 0.25) is 0 Å². The first-order valence-corrected chi connectivity index (χ1v) is 11.1. The molecule has 0 bridgehead atoms. The third-order valence-corrected chi connectivity index (χ3v) is 5.80. The van der Waals surface area contributed by atoms with Gasteiger partial charge in [-0.05, 0) is 24.5 Å². The standard InChI is InChI=1S/C24H37NO2/c1-3-5-7-9-15-20(14-8-6-4-2)16-12-13-19-25-23(26)21-17-10-11-18-22(21)24(25)27/h10-11,17-18,20H,3-9,12-16,19H2,1-2H3. The predicted octanol–water partition coefficient (Wildman–Crippen LogP) is 6.62. The Balaban J connectivity index is 1.73. The molecule has 2 rings (SSSR count). The maximum atomic E-state index is 12.4. The van der Waals surface area contributed by atoms with Crippen LogP contribution in [0.1, 0.15) is 112 Å². The second-order valence-electron chi connectivity index (χ2n) is 8.01. The Morgan fingerprint density at radius 1 is 0.704 bits per heavy atom. The summed E-state index contributed by atoms with van der Waals surface area (Å²) in [5.41, 5.74) is 1.13. The Kier molecular flexibility index (Phi) is 9.58. The number of benzene rings is 1. The Hall–Kier alpha value is -1.64. The SMILES string of the molecule is CCCCCCC(CCCCC)CCCCN1C(=O)c2ccccc2C1=O. The van der Waals surface area contributed by atoms with Crippen molar-refractivity contribution in [2.75, 3.05) is 6.54 Å². The average molecular weight is 372 g/mol. The van der Waals surface area contributed by atoms with Gasteiger partial charge in [0.1, 0.15) is 0 Å². The molecule has 150 valence electrons. The number of imide groups is 1. The van der Waals surface area contributed by atoms with Gasteiger partial charge in [-0.1, -0.05) is 96.6 Å². The van der Waals surface area contributed by atoms with Crippen molar-refractivity contribution in [2.24, 2.45) is 5.92 Å². The maximum absolute atomic E-state index is 12.4. The van der Waals surface area contributed by atoms with Gasteiger partial charge in [-0.2, -0.15) is 0 Å². The number of carbonyl (C=O) groups is 2. The summed E-state index contributed by atoms with van der Waals surface area (Å²) in [5, 5.41) is 0. The minimum Gasteiger partial charge on any atom is -0.274 e. The van der Waals surface area contributed by atoms with Gasteiger partial charge in [-0.3, -0.25) is 14.5 Å². The van der Waals surface area contributed by atoms with E-state index >= 15 is 0 Å². The van der Waals surface area contributed by atoms with Crippen molar-refractivity contribution < 1.29 is 9.59 Å². The molecule has 3 nitrogen and oxygen atoms in total. The molecule has 0 N–H and O–H groups in total. The minimum absolute atomic E-state index is 0.116. The van der Waals surface area contributed by atoms with E-state index in [1.54, 1.807) is 12.1 Å². The highest BCUT2D eigenvalue weighted by Gasteiger charge is 2.34. The quantitative estimate of drug-likeness (QED) is 0.272. The number of amides is 2. The number of hydrogen-bond donors (Lipinski definition) is 0. The summed E-state index contributed by atoms with van der Waals surface area (Å²) in [4.78, 5) is 26.3. The zero-order valence-corrected chi connectivity index (χ0v) is 17.3. The lowest BCUT2D eigenvalue weighted by atomic mass is 9.90. The molecule has 0 saturated carbocycles. The first kappa shape index (κ1) is 21.7. The summed E-state index contributed by atoms with van der Waals surface area (Å²) < 4.78 is 0. The highest BCUT2D eigenvalue weighted by Crippen LogP contribution is 2.25. The van der Waals surface area contributed by atoms with Crippen LogP contribution in [0.2, 0.25) is 0 Å². The largest absolute Gasteiger partial charge is 0.274 e.